The Hall–Kier alpha value is -3.48. The molecule has 3 N–H and O–H groups in total. The molecule has 0 unspecified atom stereocenters. The van der Waals surface area contributed by atoms with Crippen LogP contribution in [0.25, 0.3) is 22.5 Å². The summed E-state index contributed by atoms with van der Waals surface area (Å²) in [6, 6.07) is 9.32. The first-order valence-electron chi connectivity index (χ1n) is 7.75. The summed E-state index contributed by atoms with van der Waals surface area (Å²) in [5, 5.41) is 21.7. The molecule has 7 heteroatoms. The third-order valence-corrected chi connectivity index (χ3v) is 4.32. The molecule has 0 spiro atoms. The Bertz CT molecular complexity index is 993. The monoisotopic (exact) mass is 334 g/mol. The van der Waals surface area contributed by atoms with Crippen LogP contribution in [-0.2, 0) is 6.42 Å². The predicted molar refractivity (Wildman–Crippen MR) is 90.9 cm³/mol. The van der Waals surface area contributed by atoms with Gasteiger partial charge in [0.2, 0.25) is 5.82 Å². The van der Waals surface area contributed by atoms with Gasteiger partial charge in [-0.05, 0) is 36.6 Å². The number of pyridine rings is 1. The lowest BCUT2D eigenvalue weighted by molar-refractivity contribution is 0.0685. The number of hydrogen-bond acceptors (Lipinski definition) is 5. The van der Waals surface area contributed by atoms with Gasteiger partial charge in [-0.1, -0.05) is 17.3 Å². The molecule has 1 aliphatic rings. The number of nitrogens with one attached hydrogen (secondary N) is 1. The molecular formula is C18H14N4O3. The van der Waals surface area contributed by atoms with Crippen molar-refractivity contribution in [1.29, 1.82) is 0 Å². The number of fused-ring (bicyclic) bond motifs is 1. The second kappa shape index (κ2) is 5.86. The second-order valence-corrected chi connectivity index (χ2v) is 5.77. The van der Waals surface area contributed by atoms with E-state index in [2.05, 4.69) is 20.1 Å². The van der Waals surface area contributed by atoms with Crippen molar-refractivity contribution in [2.24, 2.45) is 5.16 Å². The van der Waals surface area contributed by atoms with E-state index in [1.54, 1.807) is 24.5 Å². The van der Waals surface area contributed by atoms with Crippen molar-refractivity contribution >= 4 is 11.7 Å². The molecule has 3 aromatic rings. The summed E-state index contributed by atoms with van der Waals surface area (Å²) in [5.74, 6) is -1.22. The molecule has 0 saturated carbocycles. The molecule has 4 rings (SSSR count). The van der Waals surface area contributed by atoms with Gasteiger partial charge in [-0.25, -0.2) is 9.78 Å². The first-order chi connectivity index (χ1) is 12.2. The molecule has 0 fully saturated rings. The van der Waals surface area contributed by atoms with E-state index in [0.29, 0.717) is 23.5 Å². The summed E-state index contributed by atoms with van der Waals surface area (Å²) in [5.41, 5.74) is 5.48. The highest BCUT2D eigenvalue weighted by Crippen LogP contribution is 2.33. The average Bonchev–Trinajstić information content (AvgIpc) is 3.26. The van der Waals surface area contributed by atoms with Crippen LogP contribution in [0.3, 0.4) is 0 Å². The quantitative estimate of drug-likeness (QED) is 0.503. The summed E-state index contributed by atoms with van der Waals surface area (Å²) >= 11 is 0. The fourth-order valence-corrected chi connectivity index (χ4v) is 3.13. The van der Waals surface area contributed by atoms with Crippen LogP contribution >= 0.6 is 0 Å². The maximum Gasteiger partial charge on any atom is 0.371 e. The minimum Gasteiger partial charge on any atom is -0.475 e. The van der Waals surface area contributed by atoms with E-state index in [-0.39, 0.29) is 5.82 Å². The van der Waals surface area contributed by atoms with E-state index in [4.69, 9.17) is 5.21 Å². The number of rotatable bonds is 3. The predicted octanol–water partition coefficient (Wildman–Crippen LogP) is 2.96. The normalized spacial score (nSPS) is 14.6. The van der Waals surface area contributed by atoms with Gasteiger partial charge in [0.15, 0.2) is 0 Å². The molecule has 2 aromatic heterocycles. The van der Waals surface area contributed by atoms with Crippen LogP contribution in [-0.4, -0.2) is 36.9 Å². The molecule has 0 amide bonds. The van der Waals surface area contributed by atoms with E-state index in [9.17, 15) is 9.90 Å². The van der Waals surface area contributed by atoms with Gasteiger partial charge in [-0.2, -0.15) is 0 Å². The van der Waals surface area contributed by atoms with E-state index in [0.717, 1.165) is 28.7 Å². The molecule has 0 bridgehead atoms. The number of benzene rings is 1. The van der Waals surface area contributed by atoms with Crippen LogP contribution in [0.1, 0.15) is 28.2 Å². The highest BCUT2D eigenvalue weighted by atomic mass is 16.4. The maximum absolute atomic E-state index is 11.3. The van der Waals surface area contributed by atoms with Crippen molar-refractivity contribution in [1.82, 2.24) is 15.0 Å². The standard InChI is InChI=1S/C18H14N4O3/c23-18(24)17-20-15(10-5-7-19-8-6-10)16(21-17)12-1-3-13-11(9-12)2-4-14(13)22-25/h1,3,5-9,25H,2,4H2,(H,20,21)(H,23,24). The lowest BCUT2D eigenvalue weighted by atomic mass is 10.0. The number of carbonyl (C=O) groups is 1. The van der Waals surface area contributed by atoms with Crippen molar-refractivity contribution in [3.05, 3.63) is 59.7 Å². The Balaban J connectivity index is 1.87. The summed E-state index contributed by atoms with van der Waals surface area (Å²) < 4.78 is 0. The van der Waals surface area contributed by atoms with E-state index in [1.165, 1.54) is 0 Å². The first kappa shape index (κ1) is 15.1. The highest BCUT2D eigenvalue weighted by molar-refractivity contribution is 6.04. The highest BCUT2D eigenvalue weighted by Gasteiger charge is 2.22. The zero-order chi connectivity index (χ0) is 17.4. The number of H-pyrrole nitrogens is 1. The van der Waals surface area contributed by atoms with Gasteiger partial charge in [0.1, 0.15) is 0 Å². The van der Waals surface area contributed by atoms with Crippen molar-refractivity contribution in [2.45, 2.75) is 12.8 Å². The smallest absolute Gasteiger partial charge is 0.371 e. The van der Waals surface area contributed by atoms with Crippen LogP contribution in [0.15, 0.2) is 47.9 Å². The molecule has 7 nitrogen and oxygen atoms in total. The Morgan fingerprint density at radius 3 is 2.64 bits per heavy atom. The number of aryl methyl sites for hydroxylation is 1. The topological polar surface area (TPSA) is 111 Å². The maximum atomic E-state index is 11.3. The summed E-state index contributed by atoms with van der Waals surface area (Å²) in [6.45, 7) is 0. The van der Waals surface area contributed by atoms with Crippen LogP contribution in [0, 0.1) is 0 Å². The van der Waals surface area contributed by atoms with Crippen molar-refractivity contribution in [3.8, 4) is 22.5 Å². The fourth-order valence-electron chi connectivity index (χ4n) is 3.13. The molecular weight excluding hydrogens is 320 g/mol. The van der Waals surface area contributed by atoms with Crippen LogP contribution < -0.4 is 0 Å². The molecule has 0 aliphatic heterocycles. The summed E-state index contributed by atoms with van der Waals surface area (Å²) in [6.07, 6.45) is 4.76. The third kappa shape index (κ3) is 2.55. The minimum absolute atomic E-state index is 0.111. The van der Waals surface area contributed by atoms with Crippen molar-refractivity contribution < 1.29 is 15.1 Å². The lowest BCUT2D eigenvalue weighted by Crippen LogP contribution is -1.98. The van der Waals surface area contributed by atoms with Crippen LogP contribution in [0.4, 0.5) is 0 Å². The van der Waals surface area contributed by atoms with Gasteiger partial charge in [0.05, 0.1) is 17.1 Å². The molecule has 0 saturated heterocycles. The average molecular weight is 334 g/mol. The molecule has 2 heterocycles. The number of imidazole rings is 1. The van der Waals surface area contributed by atoms with Gasteiger partial charge < -0.3 is 15.3 Å². The number of hydrogen-bond donors (Lipinski definition) is 3. The van der Waals surface area contributed by atoms with Gasteiger partial charge in [0, 0.05) is 29.1 Å². The summed E-state index contributed by atoms with van der Waals surface area (Å²) in [7, 11) is 0. The van der Waals surface area contributed by atoms with E-state index >= 15 is 0 Å². The molecule has 25 heavy (non-hydrogen) atoms. The number of aromatic carboxylic acids is 1. The number of oxime groups is 1. The molecule has 124 valence electrons. The van der Waals surface area contributed by atoms with Gasteiger partial charge in [-0.3, -0.25) is 4.98 Å². The Kier molecular flexibility index (Phi) is 3.53. The lowest BCUT2D eigenvalue weighted by Gasteiger charge is -2.05. The van der Waals surface area contributed by atoms with E-state index in [1.807, 2.05) is 18.2 Å². The molecule has 1 aromatic carbocycles. The van der Waals surface area contributed by atoms with Gasteiger partial charge >= 0.3 is 5.97 Å². The zero-order valence-corrected chi connectivity index (χ0v) is 13.1. The molecule has 0 atom stereocenters. The Morgan fingerprint density at radius 2 is 1.92 bits per heavy atom. The summed E-state index contributed by atoms with van der Waals surface area (Å²) in [4.78, 5) is 22.5. The van der Waals surface area contributed by atoms with Crippen molar-refractivity contribution in [2.75, 3.05) is 0 Å². The van der Waals surface area contributed by atoms with Crippen LogP contribution in [0.5, 0.6) is 0 Å². The van der Waals surface area contributed by atoms with Crippen LogP contribution in [0.2, 0.25) is 0 Å². The van der Waals surface area contributed by atoms with E-state index < -0.39 is 5.97 Å². The minimum atomic E-state index is -1.11. The first-order valence-corrected chi connectivity index (χ1v) is 7.75. The van der Waals surface area contributed by atoms with Gasteiger partial charge in [0.25, 0.3) is 0 Å². The SMILES string of the molecule is O=C(O)c1nc(-c2ccc3c(c2)CCC3=NO)c(-c2ccncc2)[nH]1. The number of nitrogens with zero attached hydrogens (tertiary/aromatic N) is 3. The Labute approximate surface area is 142 Å². The zero-order valence-electron chi connectivity index (χ0n) is 13.1. The van der Waals surface area contributed by atoms with Crippen molar-refractivity contribution in [3.63, 3.8) is 0 Å². The molecule has 1 aliphatic carbocycles. The molecule has 0 radical (unpaired) electrons. The number of aromatic amines is 1. The largest absolute Gasteiger partial charge is 0.475 e. The third-order valence-electron chi connectivity index (χ3n) is 4.32. The Morgan fingerprint density at radius 1 is 1.12 bits per heavy atom. The number of aromatic nitrogens is 3. The number of carboxylic acids is 1. The van der Waals surface area contributed by atoms with Gasteiger partial charge in [-0.15, -0.1) is 0 Å². The second-order valence-electron chi connectivity index (χ2n) is 5.77. The number of carboxylic acid groups (broad SMARTS) is 1. The fraction of sp³-hybridized carbons (Fsp3) is 0.111.